The first-order valence-electron chi connectivity index (χ1n) is 2.09. The van der Waals surface area contributed by atoms with Gasteiger partial charge in [0.2, 0.25) is 0 Å². The van der Waals surface area contributed by atoms with E-state index in [4.69, 9.17) is 0 Å². The Morgan fingerprint density at radius 2 is 1.50 bits per heavy atom. The van der Waals surface area contributed by atoms with Crippen LogP contribution in [0.3, 0.4) is 0 Å². The summed E-state index contributed by atoms with van der Waals surface area (Å²) in [6.45, 7) is -0.0371. The minimum Gasteiger partial charge on any atom is -0.231 e. The van der Waals surface area contributed by atoms with Crippen molar-refractivity contribution in [2.45, 2.75) is 0 Å². The SMILES string of the molecule is PP(P)/P=N/P(P)P(P)P. The first-order chi connectivity index (χ1) is 4.54. The van der Waals surface area contributed by atoms with Gasteiger partial charge in [0.1, 0.15) is 0 Å². The zero-order chi connectivity index (χ0) is 8.15. The summed E-state index contributed by atoms with van der Waals surface area (Å²) in [5.41, 5.74) is 0. The fraction of sp³-hybridized carbons (Fsp3) is 0. The second kappa shape index (κ2) is 7.90. The minimum absolute atomic E-state index is 0.0130. The van der Waals surface area contributed by atoms with E-state index >= 15 is 0 Å². The van der Waals surface area contributed by atoms with E-state index in [1.165, 1.54) is 8.06 Å². The lowest BCUT2D eigenvalue weighted by molar-refractivity contribution is 2.09. The van der Waals surface area contributed by atoms with E-state index in [-0.39, 0.29) is 21.4 Å². The molecule has 0 amide bonds. The van der Waals surface area contributed by atoms with Gasteiger partial charge in [0, 0.05) is 15.0 Å². The van der Waals surface area contributed by atoms with Crippen LogP contribution in [-0.4, -0.2) is 0 Å². The Balaban J connectivity index is 3.66. The summed E-state index contributed by atoms with van der Waals surface area (Å²) in [6, 6.07) is 0. The highest BCUT2D eigenvalue weighted by Crippen LogP contribution is 2.85. The molecule has 0 rings (SSSR count). The second-order valence-electron chi connectivity index (χ2n) is 1.26. The lowest BCUT2D eigenvalue weighted by atomic mass is 13.9. The van der Waals surface area contributed by atoms with Gasteiger partial charge in [0.05, 0.1) is 7.45 Å². The third kappa shape index (κ3) is 8.15. The lowest BCUT2D eigenvalue weighted by Crippen LogP contribution is -1.30. The maximum atomic E-state index is 4.50. The molecule has 0 N–H and O–H groups in total. The zero-order valence-corrected chi connectivity index (χ0v) is 14.5. The fourth-order valence-corrected chi connectivity index (χ4v) is 10.8. The number of nitrogens with zero attached hydrogens (tertiary/aromatic N) is 1. The molecule has 60 valence electrons. The van der Waals surface area contributed by atoms with E-state index in [2.05, 4.69) is 49.2 Å². The summed E-state index contributed by atoms with van der Waals surface area (Å²) in [7, 11) is 15.0. The smallest absolute Gasteiger partial charge is 0.0704 e. The molecule has 0 spiro atoms. The van der Waals surface area contributed by atoms with Gasteiger partial charge < -0.3 is 0 Å². The van der Waals surface area contributed by atoms with E-state index in [1.807, 2.05) is 0 Å². The molecule has 0 aromatic rings. The van der Waals surface area contributed by atoms with Gasteiger partial charge in [-0.25, -0.2) is 4.52 Å². The molecule has 6 atom stereocenters. The largest absolute Gasteiger partial charge is 0.231 e. The Morgan fingerprint density at radius 1 is 1.00 bits per heavy atom. The minimum atomic E-state index is -0.162. The van der Waals surface area contributed by atoms with Crippen LogP contribution < -0.4 is 0 Å². The summed E-state index contributed by atoms with van der Waals surface area (Å²) in [6.07, 6.45) is 0. The van der Waals surface area contributed by atoms with Crippen molar-refractivity contribution in [1.82, 2.24) is 0 Å². The highest BCUT2D eigenvalue weighted by Gasteiger charge is 2.03. The summed E-state index contributed by atoms with van der Waals surface area (Å²) in [5, 5.41) is 0. The predicted octanol–water partition coefficient (Wildman–Crippen LogP) is 5.26. The van der Waals surface area contributed by atoms with Gasteiger partial charge in [0.25, 0.3) is 0 Å². The van der Waals surface area contributed by atoms with Crippen LogP contribution in [0.25, 0.3) is 0 Å². The Kier molecular flexibility index (Phi) is 10.7. The van der Waals surface area contributed by atoms with Crippen LogP contribution in [0.5, 0.6) is 0 Å². The lowest BCUT2D eigenvalue weighted by Gasteiger charge is -2.08. The van der Waals surface area contributed by atoms with Gasteiger partial charge in [-0.2, -0.15) is 0 Å². The molecular formula is H10NP9. The van der Waals surface area contributed by atoms with Gasteiger partial charge in [-0.3, -0.25) is 0 Å². The van der Waals surface area contributed by atoms with Gasteiger partial charge in [0.15, 0.2) is 0 Å². The topological polar surface area (TPSA) is 12.4 Å². The monoisotopic (exact) mass is 303 g/mol. The van der Waals surface area contributed by atoms with Crippen molar-refractivity contribution < 1.29 is 0 Å². The van der Waals surface area contributed by atoms with Crippen LogP contribution in [0, 0.1) is 0 Å². The van der Waals surface area contributed by atoms with Gasteiger partial charge in [-0.1, -0.05) is 26.8 Å². The van der Waals surface area contributed by atoms with E-state index in [0.29, 0.717) is 0 Å². The molecule has 1 nitrogen and oxygen atoms in total. The Morgan fingerprint density at radius 3 is 1.80 bits per heavy atom. The van der Waals surface area contributed by atoms with Crippen LogP contribution in [-0.2, 0) is 0 Å². The summed E-state index contributed by atoms with van der Waals surface area (Å²) in [4.78, 5) is 0. The van der Waals surface area contributed by atoms with Crippen molar-refractivity contribution in [3.8, 4) is 0 Å². The first kappa shape index (κ1) is 13.5. The highest BCUT2D eigenvalue weighted by molar-refractivity contribution is 8.82. The molecule has 0 radical (unpaired) electrons. The third-order valence-corrected chi connectivity index (χ3v) is 19.9. The van der Waals surface area contributed by atoms with E-state index in [9.17, 15) is 0 Å². The summed E-state index contributed by atoms with van der Waals surface area (Å²) >= 11 is 0. The van der Waals surface area contributed by atoms with Crippen molar-refractivity contribution in [3.05, 3.63) is 0 Å². The van der Waals surface area contributed by atoms with Crippen LogP contribution >= 0.6 is 74.1 Å². The standard InChI is InChI=1S/H10NP9/c2-8(10(5)6)1-7-9(3)4/h2-6H2. The van der Waals surface area contributed by atoms with Gasteiger partial charge >= 0.3 is 0 Å². The molecular weight excluding hydrogens is 293 g/mol. The number of rotatable bonds is 3. The molecule has 0 aromatic heterocycles. The zero-order valence-electron chi connectivity index (χ0n) is 5.12. The maximum absolute atomic E-state index is 4.50. The van der Waals surface area contributed by atoms with E-state index < -0.39 is 0 Å². The molecule has 0 saturated heterocycles. The Hall–Kier alpha value is 3.54. The third-order valence-electron chi connectivity index (χ3n) is 0.472. The molecule has 0 saturated carbocycles. The van der Waals surface area contributed by atoms with Crippen molar-refractivity contribution in [3.63, 3.8) is 0 Å². The molecule has 0 aliphatic carbocycles. The Bertz CT molecular complexity index is 103. The molecule has 0 aromatic carbocycles. The first-order valence-corrected chi connectivity index (χ1v) is 16.4. The molecule has 0 bridgehead atoms. The molecule has 0 aliphatic rings. The predicted molar refractivity (Wildman–Crippen MR) is 78.7 cm³/mol. The Labute approximate surface area is 78.7 Å². The highest BCUT2D eigenvalue weighted by atomic mass is 32.8. The normalized spacial score (nSPS) is 15.5. The van der Waals surface area contributed by atoms with Crippen LogP contribution in [0.15, 0.2) is 4.52 Å². The molecule has 10 heteroatoms. The van der Waals surface area contributed by atoms with Crippen LogP contribution in [0.2, 0.25) is 0 Å². The van der Waals surface area contributed by atoms with Gasteiger partial charge in [-0.05, 0) is 6.99 Å². The van der Waals surface area contributed by atoms with E-state index in [0.717, 1.165) is 0 Å². The fourth-order valence-electron chi connectivity index (χ4n) is 0.133. The van der Waals surface area contributed by atoms with Crippen molar-refractivity contribution in [2.75, 3.05) is 0 Å². The van der Waals surface area contributed by atoms with Crippen molar-refractivity contribution in [1.29, 1.82) is 0 Å². The van der Waals surface area contributed by atoms with Crippen molar-refractivity contribution >= 4 is 74.1 Å². The number of hydrogen-bond acceptors (Lipinski definition) is 1. The van der Waals surface area contributed by atoms with Gasteiger partial charge in [-0.15, -0.1) is 17.9 Å². The molecule has 0 heterocycles. The molecule has 10 heavy (non-hydrogen) atoms. The van der Waals surface area contributed by atoms with Crippen LogP contribution in [0.4, 0.5) is 0 Å². The average molecular weight is 303 g/mol. The quantitative estimate of drug-likeness (QED) is 0.631. The summed E-state index contributed by atoms with van der Waals surface area (Å²) < 4.78 is 4.50. The van der Waals surface area contributed by atoms with E-state index in [1.54, 1.807) is 0 Å². The summed E-state index contributed by atoms with van der Waals surface area (Å²) in [5.74, 6) is 0. The molecule has 0 aliphatic heterocycles. The second-order valence-corrected chi connectivity index (χ2v) is 27.1. The number of hydrogen-bond donors (Lipinski definition) is 0. The van der Waals surface area contributed by atoms with Crippen molar-refractivity contribution in [2.24, 2.45) is 4.52 Å². The molecule has 6 unspecified atom stereocenters. The average Bonchev–Trinajstić information content (AvgIpc) is 1.82. The van der Waals surface area contributed by atoms with Crippen LogP contribution in [0.1, 0.15) is 0 Å². The molecule has 0 fully saturated rings. The maximum Gasteiger partial charge on any atom is 0.0704 e.